The van der Waals surface area contributed by atoms with Gasteiger partial charge in [0.1, 0.15) is 16.4 Å². The smallest absolute Gasteiger partial charge is 0.344 e. The van der Waals surface area contributed by atoms with Crippen molar-refractivity contribution in [3.8, 4) is 0 Å². The number of benzene rings is 1. The molecule has 112 valence electrons. The third-order valence-corrected chi connectivity index (χ3v) is 4.20. The van der Waals surface area contributed by atoms with Gasteiger partial charge in [0, 0.05) is 0 Å². The van der Waals surface area contributed by atoms with E-state index in [9.17, 15) is 9.90 Å². The monoisotopic (exact) mass is 305 g/mol. The average molecular weight is 305 g/mol. The summed E-state index contributed by atoms with van der Waals surface area (Å²) < 4.78 is 5.11. The van der Waals surface area contributed by atoms with E-state index in [0.717, 1.165) is 17.7 Å². The van der Waals surface area contributed by atoms with E-state index in [4.69, 9.17) is 4.74 Å². The van der Waals surface area contributed by atoms with E-state index in [1.54, 1.807) is 0 Å². The number of carbonyl (C=O) groups is 1. The van der Waals surface area contributed by atoms with Gasteiger partial charge in [0.05, 0.1) is 18.0 Å². The minimum absolute atomic E-state index is 0.0451. The van der Waals surface area contributed by atoms with Crippen molar-refractivity contribution >= 4 is 28.5 Å². The molecule has 0 amide bonds. The Hall–Kier alpha value is -1.75. The number of thioether (sulfide) groups is 1. The molecule has 1 aliphatic heterocycles. The first-order valence-corrected chi connectivity index (χ1v) is 7.89. The first-order valence-electron chi connectivity index (χ1n) is 6.91. The van der Waals surface area contributed by atoms with Crippen LogP contribution in [0.25, 0.3) is 0 Å². The number of nitrogens with zero attached hydrogens (tertiary/aromatic N) is 1. The highest BCUT2D eigenvalue weighted by atomic mass is 32.2. The molecule has 5 heteroatoms. The summed E-state index contributed by atoms with van der Waals surface area (Å²) in [6.07, 6.45) is 0.747. The summed E-state index contributed by atoms with van der Waals surface area (Å²) in [6, 6.07) is 5.86. The molecule has 0 radical (unpaired) electrons. The Balaban J connectivity index is 2.27. The summed E-state index contributed by atoms with van der Waals surface area (Å²) in [4.78, 5) is 16.5. The van der Waals surface area contributed by atoms with Crippen LogP contribution >= 0.6 is 11.8 Å². The second-order valence-corrected chi connectivity index (χ2v) is 5.90. The molecule has 0 atom stereocenters. The van der Waals surface area contributed by atoms with Crippen LogP contribution in [0.3, 0.4) is 0 Å². The van der Waals surface area contributed by atoms with E-state index in [1.807, 2.05) is 39.0 Å². The molecule has 1 heterocycles. The largest absolute Gasteiger partial charge is 0.510 e. The fourth-order valence-electron chi connectivity index (χ4n) is 1.88. The molecule has 1 aliphatic rings. The van der Waals surface area contributed by atoms with Gasteiger partial charge in [-0.1, -0.05) is 24.8 Å². The highest BCUT2D eigenvalue weighted by molar-refractivity contribution is 8.15. The third kappa shape index (κ3) is 3.67. The van der Waals surface area contributed by atoms with E-state index >= 15 is 0 Å². The van der Waals surface area contributed by atoms with Crippen LogP contribution in [-0.4, -0.2) is 28.5 Å². The van der Waals surface area contributed by atoms with E-state index < -0.39 is 5.97 Å². The van der Waals surface area contributed by atoms with Gasteiger partial charge in [-0.15, -0.1) is 0 Å². The molecule has 1 aromatic carbocycles. The number of aliphatic imine (C=N–C) groups is 1. The second-order valence-electron chi connectivity index (χ2n) is 4.93. The van der Waals surface area contributed by atoms with Crippen LogP contribution in [0.2, 0.25) is 0 Å². The molecular formula is C16H19NO3S. The second kappa shape index (κ2) is 6.80. The van der Waals surface area contributed by atoms with Crippen molar-refractivity contribution in [1.82, 2.24) is 0 Å². The maximum atomic E-state index is 12.0. The summed E-state index contributed by atoms with van der Waals surface area (Å²) >= 11 is 1.35. The van der Waals surface area contributed by atoms with Gasteiger partial charge in [-0.3, -0.25) is 0 Å². The number of esters is 1. The van der Waals surface area contributed by atoms with Crippen molar-refractivity contribution in [3.05, 3.63) is 40.7 Å². The van der Waals surface area contributed by atoms with Crippen LogP contribution in [0.4, 0.5) is 5.69 Å². The lowest BCUT2D eigenvalue weighted by Crippen LogP contribution is -2.13. The van der Waals surface area contributed by atoms with Crippen molar-refractivity contribution < 1.29 is 14.6 Å². The van der Waals surface area contributed by atoms with Crippen LogP contribution in [0.15, 0.2) is 34.5 Å². The quantitative estimate of drug-likeness (QED) is 0.858. The SMILES string of the molecule is CCCOC(=O)C1=C(O)CSC1=Nc1ccc(C)c(C)c1. The fraction of sp³-hybridized carbons (Fsp3) is 0.375. The van der Waals surface area contributed by atoms with Crippen molar-refractivity contribution in [3.63, 3.8) is 0 Å². The highest BCUT2D eigenvalue weighted by Crippen LogP contribution is 2.30. The van der Waals surface area contributed by atoms with Crippen LogP contribution in [-0.2, 0) is 9.53 Å². The maximum Gasteiger partial charge on any atom is 0.344 e. The summed E-state index contributed by atoms with van der Waals surface area (Å²) in [6.45, 7) is 6.33. The van der Waals surface area contributed by atoms with E-state index in [0.29, 0.717) is 17.4 Å². The van der Waals surface area contributed by atoms with Crippen LogP contribution < -0.4 is 0 Å². The van der Waals surface area contributed by atoms with Crippen molar-refractivity contribution in [2.45, 2.75) is 27.2 Å². The van der Waals surface area contributed by atoms with Gasteiger partial charge in [-0.25, -0.2) is 9.79 Å². The molecule has 0 unspecified atom stereocenters. The van der Waals surface area contributed by atoms with E-state index in [1.165, 1.54) is 17.3 Å². The van der Waals surface area contributed by atoms with Gasteiger partial charge in [0.15, 0.2) is 0 Å². The first-order chi connectivity index (χ1) is 10.0. The lowest BCUT2D eigenvalue weighted by Gasteiger charge is -2.06. The highest BCUT2D eigenvalue weighted by Gasteiger charge is 2.29. The Morgan fingerprint density at radius 3 is 2.81 bits per heavy atom. The molecular weight excluding hydrogens is 286 g/mol. The Labute approximate surface area is 128 Å². The lowest BCUT2D eigenvalue weighted by molar-refractivity contribution is -0.138. The van der Waals surface area contributed by atoms with Crippen molar-refractivity contribution in [2.24, 2.45) is 4.99 Å². The lowest BCUT2D eigenvalue weighted by atomic mass is 10.1. The summed E-state index contributed by atoms with van der Waals surface area (Å²) in [7, 11) is 0. The predicted molar refractivity (Wildman–Crippen MR) is 86.4 cm³/mol. The molecule has 1 N–H and O–H groups in total. The molecule has 21 heavy (non-hydrogen) atoms. The molecule has 0 aromatic heterocycles. The van der Waals surface area contributed by atoms with Crippen LogP contribution in [0.1, 0.15) is 24.5 Å². The van der Waals surface area contributed by atoms with Gasteiger partial charge >= 0.3 is 5.97 Å². The molecule has 0 saturated heterocycles. The Bertz CT molecular complexity index is 620. The number of aliphatic hydroxyl groups is 1. The molecule has 0 spiro atoms. The van der Waals surface area contributed by atoms with Crippen molar-refractivity contribution in [1.29, 1.82) is 0 Å². The molecule has 1 aromatic rings. The zero-order chi connectivity index (χ0) is 15.4. The van der Waals surface area contributed by atoms with E-state index in [-0.39, 0.29) is 11.3 Å². The van der Waals surface area contributed by atoms with Crippen LogP contribution in [0, 0.1) is 13.8 Å². The minimum atomic E-state index is -0.498. The molecule has 0 bridgehead atoms. The fourth-order valence-corrected chi connectivity index (χ4v) is 2.81. The molecule has 2 rings (SSSR count). The molecule has 4 nitrogen and oxygen atoms in total. The number of aryl methyl sites for hydroxylation is 2. The number of hydrogen-bond acceptors (Lipinski definition) is 5. The van der Waals surface area contributed by atoms with Gasteiger partial charge in [0.25, 0.3) is 0 Å². The van der Waals surface area contributed by atoms with Gasteiger partial charge < -0.3 is 9.84 Å². The number of carbonyl (C=O) groups excluding carboxylic acids is 1. The minimum Gasteiger partial charge on any atom is -0.510 e. The number of ether oxygens (including phenoxy) is 1. The molecule has 0 saturated carbocycles. The Kier molecular flexibility index (Phi) is 5.07. The zero-order valence-electron chi connectivity index (χ0n) is 12.5. The standard InChI is InChI=1S/C16H19NO3S/c1-4-7-20-16(19)14-13(18)9-21-15(14)17-12-6-5-10(2)11(3)8-12/h5-6,8,18H,4,7,9H2,1-3H3. The third-order valence-electron chi connectivity index (χ3n) is 3.21. The average Bonchev–Trinajstić information content (AvgIpc) is 2.81. The number of hydrogen-bond donors (Lipinski definition) is 1. The number of aliphatic hydroxyl groups excluding tert-OH is 1. The van der Waals surface area contributed by atoms with Gasteiger partial charge in [-0.2, -0.15) is 0 Å². The normalized spacial score (nSPS) is 16.6. The molecule has 0 aliphatic carbocycles. The van der Waals surface area contributed by atoms with Crippen molar-refractivity contribution in [2.75, 3.05) is 12.4 Å². The zero-order valence-corrected chi connectivity index (χ0v) is 13.3. The van der Waals surface area contributed by atoms with Gasteiger partial charge in [0.2, 0.25) is 0 Å². The number of rotatable bonds is 4. The van der Waals surface area contributed by atoms with E-state index in [2.05, 4.69) is 4.99 Å². The summed E-state index contributed by atoms with van der Waals surface area (Å²) in [5.74, 6) is -0.0918. The van der Waals surface area contributed by atoms with Gasteiger partial charge in [-0.05, 0) is 43.5 Å². The molecule has 0 fully saturated rings. The first kappa shape index (κ1) is 15.6. The Morgan fingerprint density at radius 2 is 2.14 bits per heavy atom. The predicted octanol–water partition coefficient (Wildman–Crippen LogP) is 3.85. The Morgan fingerprint density at radius 1 is 1.38 bits per heavy atom. The summed E-state index contributed by atoms with van der Waals surface area (Å²) in [5.41, 5.74) is 3.31. The maximum absolute atomic E-state index is 12.0. The summed E-state index contributed by atoms with van der Waals surface area (Å²) in [5, 5.41) is 10.4. The topological polar surface area (TPSA) is 58.9 Å². The van der Waals surface area contributed by atoms with Crippen LogP contribution in [0.5, 0.6) is 0 Å².